The van der Waals surface area contributed by atoms with Gasteiger partial charge in [0.15, 0.2) is 0 Å². The zero-order chi connectivity index (χ0) is 21.1. The highest BCUT2D eigenvalue weighted by Crippen LogP contribution is 2.36. The van der Waals surface area contributed by atoms with Crippen molar-refractivity contribution >= 4 is 33.6 Å². The number of carbonyl (C=O) groups is 1. The van der Waals surface area contributed by atoms with Crippen molar-refractivity contribution in [3.8, 4) is 0 Å². The molecule has 1 amide bonds. The SMILES string of the molecule is CN1CCN(Cc2ccc(C3C=C(c4cc(Br)ccc4N)CCN3C=O)cc2)CC1. The van der Waals surface area contributed by atoms with Gasteiger partial charge in [-0.05, 0) is 48.4 Å². The summed E-state index contributed by atoms with van der Waals surface area (Å²) < 4.78 is 1.01. The number of halogens is 1. The molecule has 0 bridgehead atoms. The standard InChI is InChI=1S/C24H29BrN4O/c1-27-10-12-28(13-11-27)16-18-2-4-19(5-3-18)24-14-20(8-9-29(24)17-30)22-15-21(25)6-7-23(22)26/h2-7,14-15,17,24H,8-13,16,26H2,1H3. The first kappa shape index (κ1) is 21.1. The van der Waals surface area contributed by atoms with Crippen LogP contribution in [0.15, 0.2) is 53.0 Å². The van der Waals surface area contributed by atoms with Gasteiger partial charge in [0, 0.05) is 55.0 Å². The number of rotatable bonds is 5. The van der Waals surface area contributed by atoms with Gasteiger partial charge in [0.25, 0.3) is 0 Å². The van der Waals surface area contributed by atoms with Crippen LogP contribution in [0.4, 0.5) is 5.69 Å². The van der Waals surface area contributed by atoms with Crippen molar-refractivity contribution in [3.05, 3.63) is 69.7 Å². The number of hydrogen-bond acceptors (Lipinski definition) is 4. The van der Waals surface area contributed by atoms with Gasteiger partial charge in [0.1, 0.15) is 0 Å². The van der Waals surface area contributed by atoms with Gasteiger partial charge in [0.2, 0.25) is 6.41 Å². The molecule has 0 aromatic heterocycles. The second-order valence-corrected chi connectivity index (χ2v) is 9.20. The second-order valence-electron chi connectivity index (χ2n) is 8.28. The van der Waals surface area contributed by atoms with Crippen LogP contribution in [0.25, 0.3) is 5.57 Å². The normalized spacial score (nSPS) is 20.8. The molecule has 30 heavy (non-hydrogen) atoms. The summed E-state index contributed by atoms with van der Waals surface area (Å²) in [4.78, 5) is 18.5. The van der Waals surface area contributed by atoms with E-state index in [1.165, 1.54) is 11.1 Å². The van der Waals surface area contributed by atoms with E-state index in [0.717, 1.165) is 66.8 Å². The molecule has 1 saturated heterocycles. The highest BCUT2D eigenvalue weighted by molar-refractivity contribution is 9.10. The third-order valence-electron chi connectivity index (χ3n) is 6.18. The predicted octanol–water partition coefficient (Wildman–Crippen LogP) is 3.77. The first-order chi connectivity index (χ1) is 14.5. The number of carbonyl (C=O) groups excluding carboxylic acids is 1. The monoisotopic (exact) mass is 468 g/mol. The molecule has 4 rings (SSSR count). The molecule has 2 N–H and O–H groups in total. The fraction of sp³-hybridized carbons (Fsp3) is 0.375. The summed E-state index contributed by atoms with van der Waals surface area (Å²) in [6.45, 7) is 6.14. The second kappa shape index (κ2) is 9.33. The van der Waals surface area contributed by atoms with Crippen molar-refractivity contribution < 1.29 is 4.79 Å². The Labute approximate surface area is 187 Å². The molecule has 2 aliphatic heterocycles. The van der Waals surface area contributed by atoms with Gasteiger partial charge in [-0.25, -0.2) is 0 Å². The van der Waals surface area contributed by atoms with Gasteiger partial charge in [-0.2, -0.15) is 0 Å². The Kier molecular flexibility index (Phi) is 6.56. The van der Waals surface area contributed by atoms with E-state index < -0.39 is 0 Å². The molecule has 0 saturated carbocycles. The van der Waals surface area contributed by atoms with E-state index in [0.29, 0.717) is 6.54 Å². The molecule has 1 atom stereocenters. The summed E-state index contributed by atoms with van der Waals surface area (Å²) in [5, 5.41) is 0. The van der Waals surface area contributed by atoms with E-state index in [1.807, 2.05) is 17.0 Å². The van der Waals surface area contributed by atoms with Crippen LogP contribution in [0.5, 0.6) is 0 Å². The van der Waals surface area contributed by atoms with E-state index in [4.69, 9.17) is 5.73 Å². The summed E-state index contributed by atoms with van der Waals surface area (Å²) in [7, 11) is 2.18. The molecule has 0 aliphatic carbocycles. The van der Waals surface area contributed by atoms with Gasteiger partial charge < -0.3 is 15.5 Å². The lowest BCUT2D eigenvalue weighted by Crippen LogP contribution is -2.43. The molecule has 2 aromatic rings. The minimum atomic E-state index is -0.0673. The predicted molar refractivity (Wildman–Crippen MR) is 126 cm³/mol. The summed E-state index contributed by atoms with van der Waals surface area (Å²) in [5.74, 6) is 0. The fourth-order valence-electron chi connectivity index (χ4n) is 4.28. The van der Waals surface area contributed by atoms with Gasteiger partial charge in [-0.3, -0.25) is 9.69 Å². The van der Waals surface area contributed by atoms with Crippen LogP contribution in [0.2, 0.25) is 0 Å². The molecule has 1 fully saturated rings. The number of nitrogens with zero attached hydrogens (tertiary/aromatic N) is 3. The summed E-state index contributed by atoms with van der Waals surface area (Å²) >= 11 is 3.54. The Hall–Kier alpha value is -2.15. The molecule has 0 spiro atoms. The number of nitrogen functional groups attached to an aromatic ring is 1. The van der Waals surface area contributed by atoms with Crippen molar-refractivity contribution in [2.45, 2.75) is 19.0 Å². The van der Waals surface area contributed by atoms with E-state index in [9.17, 15) is 4.79 Å². The van der Waals surface area contributed by atoms with Crippen LogP contribution in [-0.2, 0) is 11.3 Å². The van der Waals surface area contributed by atoms with Crippen molar-refractivity contribution in [1.29, 1.82) is 0 Å². The maximum absolute atomic E-state index is 11.7. The van der Waals surface area contributed by atoms with Crippen molar-refractivity contribution in [2.75, 3.05) is 45.5 Å². The van der Waals surface area contributed by atoms with Crippen LogP contribution in [-0.4, -0.2) is 60.9 Å². The van der Waals surface area contributed by atoms with Crippen molar-refractivity contribution in [1.82, 2.24) is 14.7 Å². The number of hydrogen-bond donors (Lipinski definition) is 1. The summed E-state index contributed by atoms with van der Waals surface area (Å²) in [6, 6.07) is 14.6. The number of likely N-dealkylation sites (N-methyl/N-ethyl adjacent to an activating group) is 1. The molecule has 6 heteroatoms. The highest BCUT2D eigenvalue weighted by Gasteiger charge is 2.24. The molecule has 2 aliphatic rings. The first-order valence-corrected chi connectivity index (χ1v) is 11.3. The number of anilines is 1. The summed E-state index contributed by atoms with van der Waals surface area (Å²) in [6.07, 6.45) is 3.95. The highest BCUT2D eigenvalue weighted by atomic mass is 79.9. The smallest absolute Gasteiger partial charge is 0.210 e. The first-order valence-electron chi connectivity index (χ1n) is 10.5. The Balaban J connectivity index is 1.54. The molecule has 1 unspecified atom stereocenters. The molecule has 2 heterocycles. The number of benzene rings is 2. The van der Waals surface area contributed by atoms with Crippen LogP contribution in [0.1, 0.15) is 29.2 Å². The zero-order valence-electron chi connectivity index (χ0n) is 17.4. The van der Waals surface area contributed by atoms with Crippen molar-refractivity contribution in [3.63, 3.8) is 0 Å². The zero-order valence-corrected chi connectivity index (χ0v) is 19.0. The van der Waals surface area contributed by atoms with Gasteiger partial charge >= 0.3 is 0 Å². The average molecular weight is 469 g/mol. The quantitative estimate of drug-likeness (QED) is 0.535. The molecule has 0 radical (unpaired) electrons. The van der Waals surface area contributed by atoms with Gasteiger partial charge in [-0.15, -0.1) is 0 Å². The van der Waals surface area contributed by atoms with E-state index in [1.54, 1.807) is 0 Å². The topological polar surface area (TPSA) is 52.8 Å². The third-order valence-corrected chi connectivity index (χ3v) is 6.67. The number of nitrogens with two attached hydrogens (primary N) is 1. The Bertz CT molecular complexity index is 919. The lowest BCUT2D eigenvalue weighted by molar-refractivity contribution is -0.119. The molecule has 2 aromatic carbocycles. The molecule has 5 nitrogen and oxygen atoms in total. The van der Waals surface area contributed by atoms with Crippen molar-refractivity contribution in [2.24, 2.45) is 0 Å². The van der Waals surface area contributed by atoms with Crippen LogP contribution in [0.3, 0.4) is 0 Å². The van der Waals surface area contributed by atoms with Crippen LogP contribution >= 0.6 is 15.9 Å². The minimum Gasteiger partial charge on any atom is -0.398 e. The number of amides is 1. The van der Waals surface area contributed by atoms with E-state index >= 15 is 0 Å². The van der Waals surface area contributed by atoms with E-state index in [2.05, 4.69) is 69.2 Å². The Morgan fingerprint density at radius 3 is 2.50 bits per heavy atom. The van der Waals surface area contributed by atoms with Gasteiger partial charge in [0.05, 0.1) is 6.04 Å². The maximum Gasteiger partial charge on any atom is 0.210 e. The van der Waals surface area contributed by atoms with Crippen LogP contribution in [0, 0.1) is 0 Å². The maximum atomic E-state index is 11.7. The summed E-state index contributed by atoms with van der Waals surface area (Å²) in [5.41, 5.74) is 11.7. The van der Waals surface area contributed by atoms with Crippen LogP contribution < -0.4 is 5.73 Å². The Morgan fingerprint density at radius 2 is 1.80 bits per heavy atom. The lowest BCUT2D eigenvalue weighted by atomic mass is 9.91. The Morgan fingerprint density at radius 1 is 1.07 bits per heavy atom. The van der Waals surface area contributed by atoms with Gasteiger partial charge in [-0.1, -0.05) is 46.3 Å². The largest absolute Gasteiger partial charge is 0.398 e. The van der Waals surface area contributed by atoms with E-state index in [-0.39, 0.29) is 6.04 Å². The molecule has 158 valence electrons. The average Bonchev–Trinajstić information content (AvgIpc) is 2.77. The fourth-order valence-corrected chi connectivity index (χ4v) is 4.64. The molecular weight excluding hydrogens is 440 g/mol. The third kappa shape index (κ3) is 4.77. The molecular formula is C24H29BrN4O. The minimum absolute atomic E-state index is 0.0673. The lowest BCUT2D eigenvalue weighted by Gasteiger charge is -2.33. The number of piperazine rings is 1.